The lowest BCUT2D eigenvalue weighted by molar-refractivity contribution is 0.0460. The van der Waals surface area contributed by atoms with Crippen molar-refractivity contribution in [3.63, 3.8) is 0 Å². The van der Waals surface area contributed by atoms with Crippen LogP contribution in [-0.2, 0) is 0 Å². The second-order valence-corrected chi connectivity index (χ2v) is 6.66. The molecule has 1 saturated carbocycles. The van der Waals surface area contributed by atoms with Crippen molar-refractivity contribution in [3.8, 4) is 0 Å². The zero-order chi connectivity index (χ0) is 17.2. The van der Waals surface area contributed by atoms with Crippen molar-refractivity contribution in [2.45, 2.75) is 31.3 Å². The number of benzene rings is 2. The SMILES string of the molecule is O=C(Nc1ccc(C(=O)N2CCC2c2ccccc2)cc1)NC1CC1. The van der Waals surface area contributed by atoms with Gasteiger partial charge in [-0.05, 0) is 49.1 Å². The van der Waals surface area contributed by atoms with Crippen molar-refractivity contribution < 1.29 is 9.59 Å². The summed E-state index contributed by atoms with van der Waals surface area (Å²) in [7, 11) is 0. The Kier molecular flexibility index (Phi) is 4.14. The smallest absolute Gasteiger partial charge is 0.319 e. The van der Waals surface area contributed by atoms with E-state index in [1.807, 2.05) is 23.1 Å². The molecule has 2 fully saturated rings. The van der Waals surface area contributed by atoms with Crippen LogP contribution < -0.4 is 10.6 Å². The molecule has 1 aliphatic heterocycles. The maximum absolute atomic E-state index is 12.7. The molecule has 128 valence electrons. The van der Waals surface area contributed by atoms with Crippen LogP contribution in [0.4, 0.5) is 10.5 Å². The molecule has 1 heterocycles. The Bertz CT molecular complexity index is 769. The molecule has 2 aromatic carbocycles. The molecule has 3 amide bonds. The van der Waals surface area contributed by atoms with Gasteiger partial charge >= 0.3 is 6.03 Å². The first kappa shape index (κ1) is 15.7. The van der Waals surface area contributed by atoms with Crippen molar-refractivity contribution in [2.75, 3.05) is 11.9 Å². The van der Waals surface area contributed by atoms with Crippen LogP contribution in [0, 0.1) is 0 Å². The van der Waals surface area contributed by atoms with Gasteiger partial charge in [0, 0.05) is 23.8 Å². The van der Waals surface area contributed by atoms with Crippen molar-refractivity contribution in [1.29, 1.82) is 0 Å². The summed E-state index contributed by atoms with van der Waals surface area (Å²) < 4.78 is 0. The predicted molar refractivity (Wildman–Crippen MR) is 96.5 cm³/mol. The highest BCUT2D eigenvalue weighted by Crippen LogP contribution is 2.34. The normalized spacial score (nSPS) is 19.0. The van der Waals surface area contributed by atoms with Gasteiger partial charge in [-0.3, -0.25) is 4.79 Å². The Morgan fingerprint density at radius 1 is 0.920 bits per heavy atom. The number of likely N-dealkylation sites (tertiary alicyclic amines) is 1. The van der Waals surface area contributed by atoms with Gasteiger partial charge in [-0.25, -0.2) is 4.79 Å². The molecule has 1 atom stereocenters. The molecule has 0 bridgehead atoms. The fourth-order valence-electron chi connectivity index (χ4n) is 3.09. The molecular formula is C20H21N3O2. The second kappa shape index (κ2) is 6.59. The molecule has 5 nitrogen and oxygen atoms in total. The summed E-state index contributed by atoms with van der Waals surface area (Å²) in [5, 5.41) is 5.67. The van der Waals surface area contributed by atoms with Crippen LogP contribution in [0.5, 0.6) is 0 Å². The second-order valence-electron chi connectivity index (χ2n) is 6.66. The quantitative estimate of drug-likeness (QED) is 0.897. The summed E-state index contributed by atoms with van der Waals surface area (Å²) in [6, 6.07) is 17.5. The largest absolute Gasteiger partial charge is 0.335 e. The summed E-state index contributed by atoms with van der Waals surface area (Å²) in [6.07, 6.45) is 3.11. The standard InChI is InChI=1S/C20H21N3O2/c24-19(23-13-12-18(23)14-4-2-1-3-5-14)15-6-8-16(9-7-15)21-20(25)22-17-10-11-17/h1-9,17-18H,10-13H2,(H2,21,22,25). The number of carbonyl (C=O) groups excluding carboxylic acids is 2. The lowest BCUT2D eigenvalue weighted by Crippen LogP contribution is -2.45. The molecule has 0 spiro atoms. The monoisotopic (exact) mass is 335 g/mol. The van der Waals surface area contributed by atoms with E-state index in [1.54, 1.807) is 24.3 Å². The third-order valence-corrected chi connectivity index (χ3v) is 4.77. The molecule has 5 heteroatoms. The molecule has 1 saturated heterocycles. The van der Waals surface area contributed by atoms with Gasteiger partial charge in [0.25, 0.3) is 5.91 Å². The molecule has 0 radical (unpaired) electrons. The first-order valence-electron chi connectivity index (χ1n) is 8.74. The highest BCUT2D eigenvalue weighted by molar-refractivity contribution is 5.96. The van der Waals surface area contributed by atoms with Gasteiger partial charge < -0.3 is 15.5 Å². The van der Waals surface area contributed by atoms with Gasteiger partial charge in [-0.15, -0.1) is 0 Å². The Morgan fingerprint density at radius 3 is 2.24 bits per heavy atom. The minimum atomic E-state index is -0.187. The van der Waals surface area contributed by atoms with Crippen LogP contribution in [0.25, 0.3) is 0 Å². The number of hydrogen-bond acceptors (Lipinski definition) is 2. The van der Waals surface area contributed by atoms with Gasteiger partial charge in [0.2, 0.25) is 0 Å². The lowest BCUT2D eigenvalue weighted by atomic mass is 9.93. The Hall–Kier alpha value is -2.82. The van der Waals surface area contributed by atoms with E-state index >= 15 is 0 Å². The molecule has 2 aromatic rings. The van der Waals surface area contributed by atoms with Crippen molar-refractivity contribution >= 4 is 17.6 Å². The maximum Gasteiger partial charge on any atom is 0.319 e. The number of anilines is 1. The first-order chi connectivity index (χ1) is 12.2. The van der Waals surface area contributed by atoms with Crippen LogP contribution in [0.2, 0.25) is 0 Å². The predicted octanol–water partition coefficient (Wildman–Crippen LogP) is 3.56. The van der Waals surface area contributed by atoms with Crippen LogP contribution >= 0.6 is 0 Å². The minimum absolute atomic E-state index is 0.0362. The molecule has 1 aliphatic carbocycles. The molecule has 25 heavy (non-hydrogen) atoms. The zero-order valence-electron chi connectivity index (χ0n) is 13.9. The number of nitrogens with one attached hydrogen (secondary N) is 2. The number of rotatable bonds is 4. The van der Waals surface area contributed by atoms with E-state index in [1.165, 1.54) is 5.56 Å². The van der Waals surface area contributed by atoms with E-state index in [9.17, 15) is 9.59 Å². The van der Waals surface area contributed by atoms with Gasteiger partial charge in [0.1, 0.15) is 0 Å². The molecule has 0 aromatic heterocycles. The van der Waals surface area contributed by atoms with Gasteiger partial charge in [-0.1, -0.05) is 30.3 Å². The highest BCUT2D eigenvalue weighted by atomic mass is 16.2. The summed E-state index contributed by atoms with van der Waals surface area (Å²) in [5.74, 6) is 0.0362. The third-order valence-electron chi connectivity index (χ3n) is 4.77. The van der Waals surface area contributed by atoms with Crippen LogP contribution in [0.15, 0.2) is 54.6 Å². The summed E-state index contributed by atoms with van der Waals surface area (Å²) in [5.41, 5.74) is 2.52. The molecular weight excluding hydrogens is 314 g/mol. The van der Waals surface area contributed by atoms with E-state index in [4.69, 9.17) is 0 Å². The summed E-state index contributed by atoms with van der Waals surface area (Å²) in [6.45, 7) is 0.780. The third kappa shape index (κ3) is 3.50. The van der Waals surface area contributed by atoms with E-state index < -0.39 is 0 Å². The number of amides is 3. The fraction of sp³-hybridized carbons (Fsp3) is 0.300. The van der Waals surface area contributed by atoms with E-state index in [2.05, 4.69) is 22.8 Å². The first-order valence-corrected chi connectivity index (χ1v) is 8.74. The average Bonchev–Trinajstić information content (AvgIpc) is 3.39. The highest BCUT2D eigenvalue weighted by Gasteiger charge is 2.33. The molecule has 2 N–H and O–H groups in total. The van der Waals surface area contributed by atoms with Gasteiger partial charge in [0.15, 0.2) is 0 Å². The Labute approximate surface area is 147 Å². The summed E-state index contributed by atoms with van der Waals surface area (Å²) in [4.78, 5) is 26.4. The van der Waals surface area contributed by atoms with Crippen LogP contribution in [0.3, 0.4) is 0 Å². The topological polar surface area (TPSA) is 61.4 Å². The lowest BCUT2D eigenvalue weighted by Gasteiger charge is -2.41. The number of urea groups is 1. The minimum Gasteiger partial charge on any atom is -0.335 e. The average molecular weight is 335 g/mol. The van der Waals surface area contributed by atoms with Gasteiger partial charge in [-0.2, -0.15) is 0 Å². The Balaban J connectivity index is 1.39. The van der Waals surface area contributed by atoms with Crippen LogP contribution in [-0.4, -0.2) is 29.4 Å². The Morgan fingerprint density at radius 2 is 1.64 bits per heavy atom. The van der Waals surface area contributed by atoms with Crippen LogP contribution in [0.1, 0.15) is 41.2 Å². The maximum atomic E-state index is 12.7. The zero-order valence-corrected chi connectivity index (χ0v) is 13.9. The van der Waals surface area contributed by atoms with E-state index in [0.717, 1.165) is 25.8 Å². The van der Waals surface area contributed by atoms with Gasteiger partial charge in [0.05, 0.1) is 6.04 Å². The number of nitrogens with zero attached hydrogens (tertiary/aromatic N) is 1. The van der Waals surface area contributed by atoms with Crippen molar-refractivity contribution in [2.24, 2.45) is 0 Å². The van der Waals surface area contributed by atoms with Crippen molar-refractivity contribution in [1.82, 2.24) is 10.2 Å². The van der Waals surface area contributed by atoms with E-state index in [-0.39, 0.29) is 18.0 Å². The number of carbonyl (C=O) groups is 2. The molecule has 4 rings (SSSR count). The fourth-order valence-corrected chi connectivity index (χ4v) is 3.09. The molecule has 1 unspecified atom stereocenters. The number of hydrogen-bond donors (Lipinski definition) is 2. The summed E-state index contributed by atoms with van der Waals surface area (Å²) >= 11 is 0. The molecule has 2 aliphatic rings. The van der Waals surface area contributed by atoms with E-state index in [0.29, 0.717) is 17.3 Å². The van der Waals surface area contributed by atoms with Crippen molar-refractivity contribution in [3.05, 3.63) is 65.7 Å².